The molecule has 1 amide bonds. The second kappa shape index (κ2) is 5.93. The third-order valence-electron chi connectivity index (χ3n) is 2.73. The molecule has 2 aromatic carbocycles. The predicted octanol–water partition coefficient (Wildman–Crippen LogP) is 2.77. The first-order valence-electron chi connectivity index (χ1n) is 5.82. The zero-order valence-corrected chi connectivity index (χ0v) is 10.4. The molecule has 0 aliphatic carbocycles. The maximum atomic E-state index is 13.6. The zero-order chi connectivity index (χ0) is 14.5. The van der Waals surface area contributed by atoms with E-state index < -0.39 is 17.5 Å². The standard InChI is InChI=1S/C15H10F2N2O/c16-13-5-3-11(4-6-13)15(20)19-9-12-2-1-10(8-18)7-14(12)17/h1-7H,9H2,(H,19,20). The van der Waals surface area contributed by atoms with Crippen LogP contribution in [0.2, 0.25) is 0 Å². The van der Waals surface area contributed by atoms with E-state index in [1.165, 1.54) is 36.4 Å². The lowest BCUT2D eigenvalue weighted by Crippen LogP contribution is -2.23. The highest BCUT2D eigenvalue weighted by Crippen LogP contribution is 2.10. The number of halogens is 2. The maximum Gasteiger partial charge on any atom is 0.251 e. The summed E-state index contributed by atoms with van der Waals surface area (Å²) in [5, 5.41) is 11.2. The molecule has 0 unspecified atom stereocenters. The minimum atomic E-state index is -0.552. The van der Waals surface area contributed by atoms with Crippen molar-refractivity contribution in [1.29, 1.82) is 5.26 Å². The van der Waals surface area contributed by atoms with Crippen LogP contribution in [0.15, 0.2) is 42.5 Å². The molecule has 0 atom stereocenters. The Balaban J connectivity index is 2.04. The number of amides is 1. The molecule has 0 fully saturated rings. The fourth-order valence-corrected chi connectivity index (χ4v) is 1.64. The lowest BCUT2D eigenvalue weighted by molar-refractivity contribution is 0.0950. The fraction of sp³-hybridized carbons (Fsp3) is 0.0667. The Morgan fingerprint density at radius 2 is 1.85 bits per heavy atom. The summed E-state index contributed by atoms with van der Waals surface area (Å²) >= 11 is 0. The van der Waals surface area contributed by atoms with Gasteiger partial charge in [0.25, 0.3) is 5.91 Å². The van der Waals surface area contributed by atoms with E-state index in [0.29, 0.717) is 5.56 Å². The van der Waals surface area contributed by atoms with Gasteiger partial charge in [-0.25, -0.2) is 8.78 Å². The first-order valence-corrected chi connectivity index (χ1v) is 5.82. The minimum Gasteiger partial charge on any atom is -0.348 e. The first-order chi connectivity index (χ1) is 9.60. The number of hydrogen-bond acceptors (Lipinski definition) is 2. The Hall–Kier alpha value is -2.74. The molecule has 0 saturated heterocycles. The molecular formula is C15H10F2N2O. The molecular weight excluding hydrogens is 262 g/mol. The van der Waals surface area contributed by atoms with Crippen LogP contribution in [0, 0.1) is 23.0 Å². The molecule has 0 saturated carbocycles. The summed E-state index contributed by atoms with van der Waals surface area (Å²) < 4.78 is 26.3. The van der Waals surface area contributed by atoms with Crippen LogP contribution in [0.1, 0.15) is 21.5 Å². The average Bonchev–Trinajstić information content (AvgIpc) is 2.46. The van der Waals surface area contributed by atoms with Crippen molar-refractivity contribution in [3.8, 4) is 6.07 Å². The molecule has 1 N–H and O–H groups in total. The summed E-state index contributed by atoms with van der Waals surface area (Å²) in [6.07, 6.45) is 0. The smallest absolute Gasteiger partial charge is 0.251 e. The summed E-state index contributed by atoms with van der Waals surface area (Å²) in [5.74, 6) is -1.41. The van der Waals surface area contributed by atoms with Crippen LogP contribution >= 0.6 is 0 Å². The van der Waals surface area contributed by atoms with E-state index in [9.17, 15) is 13.6 Å². The Morgan fingerprint density at radius 1 is 1.15 bits per heavy atom. The van der Waals surface area contributed by atoms with Crippen LogP contribution in [0.4, 0.5) is 8.78 Å². The lowest BCUT2D eigenvalue weighted by atomic mass is 10.1. The van der Waals surface area contributed by atoms with E-state index in [-0.39, 0.29) is 17.7 Å². The van der Waals surface area contributed by atoms with Crippen molar-refractivity contribution in [2.45, 2.75) is 6.54 Å². The molecule has 0 aliphatic heterocycles. The lowest BCUT2D eigenvalue weighted by Gasteiger charge is -2.06. The normalized spacial score (nSPS) is 9.85. The molecule has 0 bridgehead atoms. The molecule has 20 heavy (non-hydrogen) atoms. The molecule has 0 radical (unpaired) electrons. The topological polar surface area (TPSA) is 52.9 Å². The van der Waals surface area contributed by atoms with Crippen molar-refractivity contribution in [3.63, 3.8) is 0 Å². The average molecular weight is 272 g/mol. The highest BCUT2D eigenvalue weighted by molar-refractivity contribution is 5.94. The van der Waals surface area contributed by atoms with Gasteiger partial charge in [0.05, 0.1) is 11.6 Å². The first kappa shape index (κ1) is 13.7. The number of nitrogens with one attached hydrogen (secondary N) is 1. The molecule has 100 valence electrons. The second-order valence-electron chi connectivity index (χ2n) is 4.11. The van der Waals surface area contributed by atoms with Gasteiger partial charge in [-0.2, -0.15) is 5.26 Å². The van der Waals surface area contributed by atoms with Crippen LogP contribution in [0.5, 0.6) is 0 Å². The van der Waals surface area contributed by atoms with Crippen molar-refractivity contribution in [2.24, 2.45) is 0 Å². The third kappa shape index (κ3) is 3.18. The third-order valence-corrected chi connectivity index (χ3v) is 2.73. The number of nitriles is 1. The fourth-order valence-electron chi connectivity index (χ4n) is 1.64. The van der Waals surface area contributed by atoms with Gasteiger partial charge in [-0.1, -0.05) is 6.07 Å². The summed E-state index contributed by atoms with van der Waals surface area (Å²) in [6.45, 7) is -0.00620. The summed E-state index contributed by atoms with van der Waals surface area (Å²) in [7, 11) is 0. The monoisotopic (exact) mass is 272 g/mol. The van der Waals surface area contributed by atoms with Crippen molar-refractivity contribution < 1.29 is 13.6 Å². The Kier molecular flexibility index (Phi) is 4.06. The van der Waals surface area contributed by atoms with E-state index in [1.54, 1.807) is 0 Å². The molecule has 3 nitrogen and oxygen atoms in total. The number of nitrogens with zero attached hydrogens (tertiary/aromatic N) is 1. The van der Waals surface area contributed by atoms with Gasteiger partial charge in [0.15, 0.2) is 0 Å². The van der Waals surface area contributed by atoms with Crippen molar-refractivity contribution in [3.05, 3.63) is 70.8 Å². The van der Waals surface area contributed by atoms with Gasteiger partial charge in [0.2, 0.25) is 0 Å². The van der Waals surface area contributed by atoms with Crippen LogP contribution < -0.4 is 5.32 Å². The molecule has 0 aliphatic rings. The van der Waals surface area contributed by atoms with Gasteiger partial charge in [0, 0.05) is 17.7 Å². The number of rotatable bonds is 3. The maximum absolute atomic E-state index is 13.6. The van der Waals surface area contributed by atoms with Crippen LogP contribution in [0.25, 0.3) is 0 Å². The van der Waals surface area contributed by atoms with Gasteiger partial charge in [-0.05, 0) is 36.4 Å². The van der Waals surface area contributed by atoms with Gasteiger partial charge in [-0.3, -0.25) is 4.79 Å². The Labute approximate surface area is 114 Å². The van der Waals surface area contributed by atoms with Crippen LogP contribution in [-0.4, -0.2) is 5.91 Å². The minimum absolute atomic E-state index is 0.00620. The van der Waals surface area contributed by atoms with E-state index in [1.807, 2.05) is 6.07 Å². The van der Waals surface area contributed by atoms with E-state index >= 15 is 0 Å². The summed E-state index contributed by atoms with van der Waals surface area (Å²) in [5.41, 5.74) is 0.788. The summed E-state index contributed by atoms with van der Waals surface area (Å²) in [6, 6.07) is 10.9. The molecule has 2 aromatic rings. The highest BCUT2D eigenvalue weighted by Gasteiger charge is 2.08. The number of carbonyl (C=O) groups excluding carboxylic acids is 1. The second-order valence-corrected chi connectivity index (χ2v) is 4.11. The Morgan fingerprint density at radius 3 is 2.45 bits per heavy atom. The van der Waals surface area contributed by atoms with Crippen LogP contribution in [0.3, 0.4) is 0 Å². The number of benzene rings is 2. The van der Waals surface area contributed by atoms with Crippen molar-refractivity contribution in [2.75, 3.05) is 0 Å². The molecule has 5 heteroatoms. The Bertz CT molecular complexity index is 675. The number of hydrogen-bond donors (Lipinski definition) is 1. The molecule has 0 heterocycles. The van der Waals surface area contributed by atoms with Gasteiger partial charge >= 0.3 is 0 Å². The zero-order valence-electron chi connectivity index (χ0n) is 10.4. The van der Waals surface area contributed by atoms with E-state index in [4.69, 9.17) is 5.26 Å². The van der Waals surface area contributed by atoms with Gasteiger partial charge in [0.1, 0.15) is 11.6 Å². The van der Waals surface area contributed by atoms with E-state index in [0.717, 1.165) is 6.07 Å². The quantitative estimate of drug-likeness (QED) is 0.934. The molecule has 0 aromatic heterocycles. The largest absolute Gasteiger partial charge is 0.348 e. The van der Waals surface area contributed by atoms with Crippen LogP contribution in [-0.2, 0) is 6.54 Å². The molecule has 2 rings (SSSR count). The van der Waals surface area contributed by atoms with Crippen molar-refractivity contribution in [1.82, 2.24) is 5.32 Å². The van der Waals surface area contributed by atoms with Gasteiger partial charge < -0.3 is 5.32 Å². The summed E-state index contributed by atoms with van der Waals surface area (Å²) in [4.78, 5) is 11.8. The number of carbonyl (C=O) groups is 1. The SMILES string of the molecule is N#Cc1ccc(CNC(=O)c2ccc(F)cc2)c(F)c1. The van der Waals surface area contributed by atoms with Gasteiger partial charge in [-0.15, -0.1) is 0 Å². The highest BCUT2D eigenvalue weighted by atomic mass is 19.1. The molecule has 0 spiro atoms. The van der Waals surface area contributed by atoms with Crippen molar-refractivity contribution >= 4 is 5.91 Å². The van der Waals surface area contributed by atoms with E-state index in [2.05, 4.69) is 5.32 Å². The predicted molar refractivity (Wildman–Crippen MR) is 68.7 cm³/mol.